The molecular weight excluding hydrogens is 308 g/mol. The molecule has 1 amide bonds. The van der Waals surface area contributed by atoms with Gasteiger partial charge in [0.1, 0.15) is 0 Å². The quantitative estimate of drug-likeness (QED) is 0.662. The Labute approximate surface area is 149 Å². The molecule has 3 rings (SSSR count). The summed E-state index contributed by atoms with van der Waals surface area (Å²) >= 11 is 0. The van der Waals surface area contributed by atoms with Gasteiger partial charge in [-0.2, -0.15) is 0 Å². The number of carbonyl (C=O) groups excluding carboxylic acids is 1. The minimum Gasteiger partial charge on any atom is -0.321 e. The summed E-state index contributed by atoms with van der Waals surface area (Å²) in [6.45, 7) is 8.60. The molecule has 0 radical (unpaired) electrons. The molecule has 0 atom stereocenters. The molecule has 2 aromatic carbocycles. The van der Waals surface area contributed by atoms with Gasteiger partial charge in [-0.25, -0.2) is 0 Å². The van der Waals surface area contributed by atoms with Gasteiger partial charge in [-0.05, 0) is 47.2 Å². The summed E-state index contributed by atoms with van der Waals surface area (Å²) in [4.78, 5) is 17.2. The first-order valence-corrected chi connectivity index (χ1v) is 8.76. The molecule has 0 aliphatic carbocycles. The van der Waals surface area contributed by atoms with E-state index in [1.807, 2.05) is 30.3 Å². The van der Waals surface area contributed by atoms with E-state index >= 15 is 0 Å². The van der Waals surface area contributed by atoms with Gasteiger partial charge < -0.3 is 5.32 Å². The molecule has 1 aromatic heterocycles. The summed E-state index contributed by atoms with van der Waals surface area (Å²) in [6.07, 6.45) is 1.76. The van der Waals surface area contributed by atoms with Gasteiger partial charge in [0.15, 0.2) is 0 Å². The second-order valence-electron chi connectivity index (χ2n) is 6.99. The first-order valence-electron chi connectivity index (χ1n) is 8.76. The minimum atomic E-state index is -0.0826. The Morgan fingerprint density at radius 3 is 2.24 bits per heavy atom. The zero-order chi connectivity index (χ0) is 18.0. The fraction of sp³-hybridized carbons (Fsp3) is 0.273. The van der Waals surface area contributed by atoms with E-state index in [0.717, 1.165) is 16.6 Å². The van der Waals surface area contributed by atoms with Gasteiger partial charge in [0.2, 0.25) is 0 Å². The number of amides is 1. The smallest absolute Gasteiger partial charge is 0.255 e. The number of para-hydroxylation sites is 1. The zero-order valence-electron chi connectivity index (χ0n) is 15.2. The first kappa shape index (κ1) is 17.2. The highest BCUT2D eigenvalue weighted by Crippen LogP contribution is 2.32. The van der Waals surface area contributed by atoms with Gasteiger partial charge >= 0.3 is 0 Å². The Morgan fingerprint density at radius 1 is 0.920 bits per heavy atom. The number of aromatic nitrogens is 1. The molecular formula is C22H24N2O. The molecule has 0 aliphatic rings. The standard InChI is InChI=1S/C22H24N2O/c1-14(2)18-8-5-9-19(15(3)4)21(18)24-22(25)17-10-11-20-16(13-17)7-6-12-23-20/h5-15H,1-4H3,(H,24,25). The van der Waals surface area contributed by atoms with Crippen LogP contribution in [0, 0.1) is 0 Å². The molecule has 128 valence electrons. The summed E-state index contributed by atoms with van der Waals surface area (Å²) < 4.78 is 0. The van der Waals surface area contributed by atoms with Crippen molar-refractivity contribution in [2.24, 2.45) is 0 Å². The highest BCUT2D eigenvalue weighted by atomic mass is 16.1. The maximum Gasteiger partial charge on any atom is 0.255 e. The van der Waals surface area contributed by atoms with E-state index < -0.39 is 0 Å². The van der Waals surface area contributed by atoms with Crippen molar-refractivity contribution in [3.05, 3.63) is 71.4 Å². The van der Waals surface area contributed by atoms with E-state index in [-0.39, 0.29) is 5.91 Å². The predicted molar refractivity (Wildman–Crippen MR) is 104 cm³/mol. The molecule has 0 unspecified atom stereocenters. The number of carbonyl (C=O) groups is 1. The number of rotatable bonds is 4. The number of hydrogen-bond acceptors (Lipinski definition) is 2. The summed E-state index contributed by atoms with van der Waals surface area (Å²) in [6, 6.07) is 15.7. The molecule has 3 heteroatoms. The fourth-order valence-electron chi connectivity index (χ4n) is 3.10. The number of benzene rings is 2. The van der Waals surface area contributed by atoms with Crippen molar-refractivity contribution in [1.29, 1.82) is 0 Å². The number of pyridine rings is 1. The second-order valence-corrected chi connectivity index (χ2v) is 6.99. The molecule has 1 N–H and O–H groups in total. The van der Waals surface area contributed by atoms with Crippen LogP contribution in [0.1, 0.15) is 61.0 Å². The van der Waals surface area contributed by atoms with Crippen molar-refractivity contribution in [2.75, 3.05) is 5.32 Å². The SMILES string of the molecule is CC(C)c1cccc(C(C)C)c1NC(=O)c1ccc2ncccc2c1. The molecule has 0 saturated heterocycles. The summed E-state index contributed by atoms with van der Waals surface area (Å²) in [5.74, 6) is 0.602. The summed E-state index contributed by atoms with van der Waals surface area (Å²) in [7, 11) is 0. The van der Waals surface area contributed by atoms with Gasteiger partial charge in [-0.3, -0.25) is 9.78 Å². The Bertz CT molecular complexity index is 887. The number of nitrogens with zero attached hydrogens (tertiary/aromatic N) is 1. The lowest BCUT2D eigenvalue weighted by Crippen LogP contribution is -2.16. The molecule has 3 aromatic rings. The second kappa shape index (κ2) is 7.06. The van der Waals surface area contributed by atoms with Gasteiger partial charge in [-0.1, -0.05) is 52.0 Å². The predicted octanol–water partition coefficient (Wildman–Crippen LogP) is 5.73. The van der Waals surface area contributed by atoms with Crippen LogP contribution in [0.2, 0.25) is 0 Å². The number of nitrogens with one attached hydrogen (secondary N) is 1. The number of fused-ring (bicyclic) bond motifs is 1. The highest BCUT2D eigenvalue weighted by Gasteiger charge is 2.17. The van der Waals surface area contributed by atoms with E-state index in [0.29, 0.717) is 17.4 Å². The van der Waals surface area contributed by atoms with Crippen molar-refractivity contribution in [3.63, 3.8) is 0 Å². The Morgan fingerprint density at radius 2 is 1.60 bits per heavy atom. The molecule has 1 heterocycles. The van der Waals surface area contributed by atoms with Crippen LogP contribution in [0.5, 0.6) is 0 Å². The van der Waals surface area contributed by atoms with Crippen LogP contribution in [0.15, 0.2) is 54.7 Å². The van der Waals surface area contributed by atoms with E-state index in [1.165, 1.54) is 11.1 Å². The third kappa shape index (κ3) is 3.55. The largest absolute Gasteiger partial charge is 0.321 e. The van der Waals surface area contributed by atoms with Crippen molar-refractivity contribution >= 4 is 22.5 Å². The Kier molecular flexibility index (Phi) is 4.84. The average Bonchev–Trinajstić information content (AvgIpc) is 2.61. The molecule has 3 nitrogen and oxygen atoms in total. The number of anilines is 1. The number of hydrogen-bond donors (Lipinski definition) is 1. The molecule has 0 aliphatic heterocycles. The normalized spacial score (nSPS) is 11.3. The first-order chi connectivity index (χ1) is 12.0. The van der Waals surface area contributed by atoms with Crippen LogP contribution in [0.3, 0.4) is 0 Å². The minimum absolute atomic E-state index is 0.0826. The molecule has 0 bridgehead atoms. The van der Waals surface area contributed by atoms with Crippen LogP contribution < -0.4 is 5.32 Å². The van der Waals surface area contributed by atoms with E-state index in [4.69, 9.17) is 0 Å². The maximum absolute atomic E-state index is 12.9. The molecule has 0 fully saturated rings. The van der Waals surface area contributed by atoms with Crippen LogP contribution in [-0.4, -0.2) is 10.9 Å². The van der Waals surface area contributed by atoms with Crippen molar-refractivity contribution < 1.29 is 4.79 Å². The zero-order valence-corrected chi connectivity index (χ0v) is 15.2. The fourth-order valence-corrected chi connectivity index (χ4v) is 3.10. The van der Waals surface area contributed by atoms with E-state index in [9.17, 15) is 4.79 Å². The third-order valence-corrected chi connectivity index (χ3v) is 4.48. The van der Waals surface area contributed by atoms with Crippen molar-refractivity contribution in [2.45, 2.75) is 39.5 Å². The van der Waals surface area contributed by atoms with Crippen molar-refractivity contribution in [3.8, 4) is 0 Å². The molecule has 0 spiro atoms. The van der Waals surface area contributed by atoms with Crippen LogP contribution in [-0.2, 0) is 0 Å². The van der Waals surface area contributed by atoms with Crippen LogP contribution in [0.4, 0.5) is 5.69 Å². The van der Waals surface area contributed by atoms with Crippen LogP contribution in [0.25, 0.3) is 10.9 Å². The lowest BCUT2D eigenvalue weighted by molar-refractivity contribution is 0.102. The van der Waals surface area contributed by atoms with Crippen molar-refractivity contribution in [1.82, 2.24) is 4.98 Å². The van der Waals surface area contributed by atoms with E-state index in [1.54, 1.807) is 6.20 Å². The van der Waals surface area contributed by atoms with E-state index in [2.05, 4.69) is 56.2 Å². The monoisotopic (exact) mass is 332 g/mol. The topological polar surface area (TPSA) is 42.0 Å². The lowest BCUT2D eigenvalue weighted by Gasteiger charge is -2.20. The van der Waals surface area contributed by atoms with Gasteiger partial charge in [-0.15, -0.1) is 0 Å². The highest BCUT2D eigenvalue weighted by molar-refractivity contribution is 6.07. The molecule has 25 heavy (non-hydrogen) atoms. The molecule has 0 saturated carbocycles. The maximum atomic E-state index is 12.9. The lowest BCUT2D eigenvalue weighted by atomic mass is 9.92. The Balaban J connectivity index is 1.99. The van der Waals surface area contributed by atoms with Crippen LogP contribution >= 0.6 is 0 Å². The summed E-state index contributed by atoms with van der Waals surface area (Å²) in [5, 5.41) is 4.13. The third-order valence-electron chi connectivity index (χ3n) is 4.48. The summed E-state index contributed by atoms with van der Waals surface area (Å²) in [5.41, 5.74) is 4.83. The van der Waals surface area contributed by atoms with Gasteiger partial charge in [0, 0.05) is 22.8 Å². The Hall–Kier alpha value is -2.68. The van der Waals surface area contributed by atoms with Gasteiger partial charge in [0.25, 0.3) is 5.91 Å². The van der Waals surface area contributed by atoms with Gasteiger partial charge in [0.05, 0.1) is 5.52 Å². The average molecular weight is 332 g/mol.